The fourth-order valence-electron chi connectivity index (χ4n) is 1.60. The number of carbonyl (C=O) groups excluding carboxylic acids is 1. The average Bonchev–Trinajstić information content (AvgIpc) is 2.86. The van der Waals surface area contributed by atoms with Crippen molar-refractivity contribution in [1.29, 1.82) is 0 Å². The highest BCUT2D eigenvalue weighted by Gasteiger charge is 2.11. The van der Waals surface area contributed by atoms with Crippen LogP contribution < -0.4 is 5.32 Å². The Labute approximate surface area is 121 Å². The Morgan fingerprint density at radius 2 is 2.25 bits per heavy atom. The maximum absolute atomic E-state index is 12.0. The van der Waals surface area contributed by atoms with Crippen LogP contribution in [0, 0.1) is 18.8 Å². The van der Waals surface area contributed by atoms with E-state index in [-0.39, 0.29) is 12.5 Å². The van der Waals surface area contributed by atoms with Crippen molar-refractivity contribution in [3.63, 3.8) is 0 Å². The van der Waals surface area contributed by atoms with Crippen molar-refractivity contribution < 1.29 is 14.3 Å². The molecule has 1 aromatic carbocycles. The number of hydrogen-bond acceptors (Lipinski definition) is 3. The highest BCUT2D eigenvalue weighted by Crippen LogP contribution is 2.23. The molecule has 102 valence electrons. The number of hydrogen-bond donors (Lipinski definition) is 2. The van der Waals surface area contributed by atoms with Crippen LogP contribution in [0.1, 0.15) is 21.7 Å². The molecular weight excluding hydrogens is 278 g/mol. The van der Waals surface area contributed by atoms with E-state index in [0.717, 1.165) is 0 Å². The van der Waals surface area contributed by atoms with Gasteiger partial charge in [0.25, 0.3) is 5.91 Å². The third-order valence-electron chi connectivity index (χ3n) is 2.52. The van der Waals surface area contributed by atoms with Gasteiger partial charge in [0.1, 0.15) is 18.6 Å². The zero-order chi connectivity index (χ0) is 14.5. The fourth-order valence-corrected chi connectivity index (χ4v) is 1.76. The minimum absolute atomic E-state index is 0.224. The zero-order valence-corrected chi connectivity index (χ0v) is 11.5. The molecule has 20 heavy (non-hydrogen) atoms. The summed E-state index contributed by atoms with van der Waals surface area (Å²) in [6.45, 7) is 1.54. The molecule has 0 unspecified atom stereocenters. The highest BCUT2D eigenvalue weighted by molar-refractivity contribution is 6.34. The monoisotopic (exact) mass is 289 g/mol. The number of nitrogens with one attached hydrogen (secondary N) is 1. The quantitative estimate of drug-likeness (QED) is 0.836. The molecule has 2 aromatic rings. The molecular formula is C15H12ClNO3. The van der Waals surface area contributed by atoms with Crippen LogP contribution in [0.5, 0.6) is 0 Å². The lowest BCUT2D eigenvalue weighted by atomic mass is 10.2. The molecule has 1 amide bonds. The molecule has 0 bridgehead atoms. The lowest BCUT2D eigenvalue weighted by Gasteiger charge is -2.06. The topological polar surface area (TPSA) is 62.5 Å². The molecule has 0 spiro atoms. The van der Waals surface area contributed by atoms with Crippen LogP contribution in [0.2, 0.25) is 5.02 Å². The minimum Gasteiger partial charge on any atom is -0.469 e. The van der Waals surface area contributed by atoms with E-state index in [9.17, 15) is 4.79 Å². The van der Waals surface area contributed by atoms with E-state index < -0.39 is 0 Å². The lowest BCUT2D eigenvalue weighted by Crippen LogP contribution is -2.11. The van der Waals surface area contributed by atoms with Crippen molar-refractivity contribution in [2.45, 2.75) is 6.92 Å². The molecule has 1 aromatic heterocycles. The summed E-state index contributed by atoms with van der Waals surface area (Å²) in [5.41, 5.74) is 1.53. The first-order valence-electron chi connectivity index (χ1n) is 5.86. The molecule has 0 fully saturated rings. The summed E-state index contributed by atoms with van der Waals surface area (Å²) >= 11 is 6.03. The van der Waals surface area contributed by atoms with Crippen molar-refractivity contribution in [1.82, 2.24) is 0 Å². The number of aryl methyl sites for hydroxylation is 1. The number of aliphatic hydroxyl groups excluding tert-OH is 1. The second-order valence-corrected chi connectivity index (χ2v) is 4.46. The fraction of sp³-hybridized carbons (Fsp3) is 0.133. The van der Waals surface area contributed by atoms with Gasteiger partial charge in [0.2, 0.25) is 0 Å². The molecule has 5 heteroatoms. The number of carbonyl (C=O) groups is 1. The number of anilines is 1. The first kappa shape index (κ1) is 14.2. The number of halogens is 1. The van der Waals surface area contributed by atoms with Crippen molar-refractivity contribution >= 4 is 23.2 Å². The normalized spacial score (nSPS) is 9.75. The predicted molar refractivity (Wildman–Crippen MR) is 76.8 cm³/mol. The highest BCUT2D eigenvalue weighted by atomic mass is 35.5. The van der Waals surface area contributed by atoms with E-state index in [0.29, 0.717) is 27.6 Å². The summed E-state index contributed by atoms with van der Waals surface area (Å²) in [7, 11) is 0. The number of amides is 1. The lowest BCUT2D eigenvalue weighted by molar-refractivity contribution is 0.102. The van der Waals surface area contributed by atoms with Gasteiger partial charge >= 0.3 is 0 Å². The Morgan fingerprint density at radius 1 is 1.45 bits per heavy atom. The van der Waals surface area contributed by atoms with Crippen LogP contribution in [0.3, 0.4) is 0 Å². The van der Waals surface area contributed by atoms with E-state index in [1.807, 2.05) is 0 Å². The number of rotatable bonds is 2. The molecule has 0 aliphatic heterocycles. The summed E-state index contributed by atoms with van der Waals surface area (Å²) < 4.78 is 5.09. The Bertz CT molecular complexity index is 695. The van der Waals surface area contributed by atoms with Gasteiger partial charge < -0.3 is 14.8 Å². The Morgan fingerprint density at radius 3 is 2.90 bits per heavy atom. The molecule has 0 aliphatic rings. The Hall–Kier alpha value is -2.22. The van der Waals surface area contributed by atoms with E-state index in [4.69, 9.17) is 21.1 Å². The standard InChI is InChI=1S/C15H12ClNO3/c1-10-7-12(9-20-10)15(19)17-14-8-11(3-2-6-18)4-5-13(14)16/h4-5,7-9,18H,6H2,1H3,(H,17,19). The van der Waals surface area contributed by atoms with Crippen LogP contribution in [0.25, 0.3) is 0 Å². The molecule has 0 radical (unpaired) electrons. The van der Waals surface area contributed by atoms with E-state index >= 15 is 0 Å². The summed E-state index contributed by atoms with van der Waals surface area (Å²) in [6, 6.07) is 6.64. The zero-order valence-electron chi connectivity index (χ0n) is 10.7. The van der Waals surface area contributed by atoms with Gasteiger partial charge in [-0.25, -0.2) is 0 Å². The molecule has 0 saturated carbocycles. The van der Waals surface area contributed by atoms with Gasteiger partial charge in [-0.2, -0.15) is 0 Å². The van der Waals surface area contributed by atoms with Gasteiger partial charge in [0, 0.05) is 5.56 Å². The maximum atomic E-state index is 12.0. The minimum atomic E-state index is -0.309. The van der Waals surface area contributed by atoms with Crippen LogP contribution in [0.15, 0.2) is 34.9 Å². The van der Waals surface area contributed by atoms with Gasteiger partial charge in [-0.1, -0.05) is 23.4 Å². The average molecular weight is 290 g/mol. The van der Waals surface area contributed by atoms with Crippen molar-refractivity contribution in [3.05, 3.63) is 52.4 Å². The van der Waals surface area contributed by atoms with Gasteiger partial charge in [0.15, 0.2) is 0 Å². The smallest absolute Gasteiger partial charge is 0.258 e. The van der Waals surface area contributed by atoms with Gasteiger partial charge in [0.05, 0.1) is 16.3 Å². The van der Waals surface area contributed by atoms with Crippen molar-refractivity contribution in [2.75, 3.05) is 11.9 Å². The second-order valence-electron chi connectivity index (χ2n) is 4.05. The van der Waals surface area contributed by atoms with Crippen LogP contribution in [0.4, 0.5) is 5.69 Å². The maximum Gasteiger partial charge on any atom is 0.258 e. The SMILES string of the molecule is Cc1cc(C(=O)Nc2cc(C#CCO)ccc2Cl)co1. The van der Waals surface area contributed by atoms with Crippen LogP contribution in [-0.2, 0) is 0 Å². The third-order valence-corrected chi connectivity index (χ3v) is 2.85. The molecule has 2 N–H and O–H groups in total. The summed E-state index contributed by atoms with van der Waals surface area (Å²) in [6.07, 6.45) is 1.38. The molecule has 0 saturated heterocycles. The Kier molecular flexibility index (Phi) is 4.46. The summed E-state index contributed by atoms with van der Waals surface area (Å²) in [5.74, 6) is 5.63. The van der Waals surface area contributed by atoms with Gasteiger partial charge in [-0.3, -0.25) is 4.79 Å². The van der Waals surface area contributed by atoms with E-state index in [1.54, 1.807) is 31.2 Å². The molecule has 0 aliphatic carbocycles. The molecule has 2 rings (SSSR count). The number of aliphatic hydroxyl groups is 1. The largest absolute Gasteiger partial charge is 0.469 e. The summed E-state index contributed by atoms with van der Waals surface area (Å²) in [4.78, 5) is 12.0. The van der Waals surface area contributed by atoms with Gasteiger partial charge in [-0.05, 0) is 31.2 Å². The second kappa shape index (κ2) is 6.29. The third kappa shape index (κ3) is 3.41. The van der Waals surface area contributed by atoms with Gasteiger partial charge in [-0.15, -0.1) is 0 Å². The first-order chi connectivity index (χ1) is 9.60. The van der Waals surface area contributed by atoms with E-state index in [2.05, 4.69) is 17.2 Å². The van der Waals surface area contributed by atoms with E-state index in [1.165, 1.54) is 6.26 Å². The van der Waals surface area contributed by atoms with Crippen molar-refractivity contribution in [3.8, 4) is 11.8 Å². The van der Waals surface area contributed by atoms with Crippen LogP contribution >= 0.6 is 11.6 Å². The van der Waals surface area contributed by atoms with Crippen molar-refractivity contribution in [2.24, 2.45) is 0 Å². The Balaban J connectivity index is 2.22. The summed E-state index contributed by atoms with van der Waals surface area (Å²) in [5, 5.41) is 11.8. The number of furan rings is 1. The van der Waals surface area contributed by atoms with Crippen LogP contribution in [-0.4, -0.2) is 17.6 Å². The predicted octanol–water partition coefficient (Wildman–Crippen LogP) is 2.84. The molecule has 0 atom stereocenters. The molecule has 1 heterocycles. The first-order valence-corrected chi connectivity index (χ1v) is 6.23. The number of benzene rings is 1. The molecule has 4 nitrogen and oxygen atoms in total.